The van der Waals surface area contributed by atoms with Crippen LogP contribution in [-0.2, 0) is 4.79 Å². The number of rotatable bonds is 5. The highest BCUT2D eigenvalue weighted by atomic mass is 16.6. The van der Waals surface area contributed by atoms with Gasteiger partial charge in [-0.15, -0.1) is 0 Å². The summed E-state index contributed by atoms with van der Waals surface area (Å²) in [5, 5.41) is 22.5. The van der Waals surface area contributed by atoms with Crippen molar-refractivity contribution >= 4 is 11.6 Å². The predicted molar refractivity (Wildman–Crippen MR) is 70.8 cm³/mol. The maximum absolute atomic E-state index is 12.0. The quantitative estimate of drug-likeness (QED) is 0.625. The molecule has 0 radical (unpaired) electrons. The van der Waals surface area contributed by atoms with Crippen LogP contribution in [-0.4, -0.2) is 28.1 Å². The summed E-state index contributed by atoms with van der Waals surface area (Å²) in [5.41, 5.74) is -0.189. The minimum atomic E-state index is -0.716. The van der Waals surface area contributed by atoms with Crippen molar-refractivity contribution in [1.82, 2.24) is 5.32 Å². The van der Waals surface area contributed by atoms with Crippen molar-refractivity contribution in [2.45, 2.75) is 32.2 Å². The van der Waals surface area contributed by atoms with E-state index in [1.165, 1.54) is 12.1 Å². The number of nitro groups is 1. The number of nitrogens with one attached hydrogen (secondary N) is 1. The molecule has 0 spiro atoms. The van der Waals surface area contributed by atoms with E-state index in [1.807, 2.05) is 0 Å². The molecule has 0 aliphatic rings. The lowest BCUT2D eigenvalue weighted by molar-refractivity contribution is -0.384. The van der Waals surface area contributed by atoms with Gasteiger partial charge in [0.2, 0.25) is 5.91 Å². The van der Waals surface area contributed by atoms with Gasteiger partial charge in [0, 0.05) is 12.1 Å². The number of benzene rings is 1. The molecule has 2 N–H and O–H groups in total. The van der Waals surface area contributed by atoms with Crippen LogP contribution >= 0.6 is 0 Å². The summed E-state index contributed by atoms with van der Waals surface area (Å²) in [6.07, 6.45) is 0. The van der Waals surface area contributed by atoms with Gasteiger partial charge in [-0.25, -0.2) is 0 Å². The van der Waals surface area contributed by atoms with Crippen LogP contribution in [0.2, 0.25) is 0 Å². The molecule has 1 atom stereocenters. The Morgan fingerprint density at radius 2 is 2.16 bits per heavy atom. The summed E-state index contributed by atoms with van der Waals surface area (Å²) in [6.45, 7) is 4.89. The van der Waals surface area contributed by atoms with Crippen LogP contribution in [0.3, 0.4) is 0 Å². The standard InChI is InChI=1S/C13H18N2O4/c1-9(12(17)14-13(2,3)8-16)10-5-4-6-11(7-10)15(18)19/h4-7,9,16H,8H2,1-3H3,(H,14,17). The molecular weight excluding hydrogens is 248 g/mol. The molecule has 6 nitrogen and oxygen atoms in total. The summed E-state index contributed by atoms with van der Waals surface area (Å²) in [6, 6.07) is 5.99. The first-order valence-electron chi connectivity index (χ1n) is 5.94. The molecule has 0 aromatic heterocycles. The predicted octanol–water partition coefficient (Wildman–Crippen LogP) is 1.59. The van der Waals surface area contributed by atoms with E-state index >= 15 is 0 Å². The number of non-ortho nitro benzene ring substituents is 1. The second kappa shape index (κ2) is 5.79. The molecule has 1 rings (SSSR count). The second-order valence-electron chi connectivity index (χ2n) is 5.11. The number of hydrogen-bond acceptors (Lipinski definition) is 4. The van der Waals surface area contributed by atoms with Crippen LogP contribution in [0.15, 0.2) is 24.3 Å². The highest BCUT2D eigenvalue weighted by Crippen LogP contribution is 2.21. The Morgan fingerprint density at radius 1 is 1.53 bits per heavy atom. The monoisotopic (exact) mass is 266 g/mol. The van der Waals surface area contributed by atoms with Crippen molar-refractivity contribution in [3.8, 4) is 0 Å². The van der Waals surface area contributed by atoms with E-state index in [4.69, 9.17) is 5.11 Å². The topological polar surface area (TPSA) is 92.5 Å². The summed E-state index contributed by atoms with van der Waals surface area (Å²) in [7, 11) is 0. The summed E-state index contributed by atoms with van der Waals surface area (Å²) >= 11 is 0. The van der Waals surface area contributed by atoms with Gasteiger partial charge in [0.1, 0.15) is 0 Å². The van der Waals surface area contributed by atoms with Crippen molar-refractivity contribution in [2.24, 2.45) is 0 Å². The van der Waals surface area contributed by atoms with Gasteiger partial charge in [-0.3, -0.25) is 14.9 Å². The zero-order valence-corrected chi connectivity index (χ0v) is 11.2. The number of amides is 1. The maximum atomic E-state index is 12.0. The van der Waals surface area contributed by atoms with Crippen LogP contribution in [0.1, 0.15) is 32.3 Å². The van der Waals surface area contributed by atoms with Crippen LogP contribution in [0.5, 0.6) is 0 Å². The number of hydrogen-bond donors (Lipinski definition) is 2. The molecule has 1 aromatic rings. The second-order valence-corrected chi connectivity index (χ2v) is 5.11. The molecule has 0 aliphatic carbocycles. The Kier molecular flexibility index (Phi) is 4.61. The fourth-order valence-electron chi connectivity index (χ4n) is 1.54. The van der Waals surface area contributed by atoms with Crippen LogP contribution in [0.25, 0.3) is 0 Å². The van der Waals surface area contributed by atoms with E-state index < -0.39 is 16.4 Å². The normalized spacial score (nSPS) is 12.8. The molecule has 0 fully saturated rings. The van der Waals surface area contributed by atoms with Gasteiger partial charge in [-0.05, 0) is 26.3 Å². The Hall–Kier alpha value is -1.95. The SMILES string of the molecule is CC(C(=O)NC(C)(C)CO)c1cccc([N+](=O)[O-])c1. The van der Waals surface area contributed by atoms with E-state index in [0.29, 0.717) is 5.56 Å². The van der Waals surface area contributed by atoms with Crippen LogP contribution < -0.4 is 5.32 Å². The Bertz CT molecular complexity index is 485. The van der Waals surface area contributed by atoms with E-state index in [2.05, 4.69) is 5.32 Å². The average molecular weight is 266 g/mol. The van der Waals surface area contributed by atoms with Crippen LogP contribution in [0, 0.1) is 10.1 Å². The van der Waals surface area contributed by atoms with E-state index in [-0.39, 0.29) is 18.2 Å². The number of nitrogens with zero attached hydrogens (tertiary/aromatic N) is 1. The smallest absolute Gasteiger partial charge is 0.269 e. The molecule has 104 valence electrons. The lowest BCUT2D eigenvalue weighted by atomic mass is 9.98. The highest BCUT2D eigenvalue weighted by molar-refractivity contribution is 5.84. The number of carbonyl (C=O) groups is 1. The molecule has 1 unspecified atom stereocenters. The molecule has 1 amide bonds. The molecule has 0 aliphatic heterocycles. The molecule has 0 saturated carbocycles. The van der Waals surface area contributed by atoms with Gasteiger partial charge < -0.3 is 10.4 Å². The molecule has 1 aromatic carbocycles. The zero-order valence-electron chi connectivity index (χ0n) is 11.2. The lowest BCUT2D eigenvalue weighted by Crippen LogP contribution is -2.47. The zero-order chi connectivity index (χ0) is 14.6. The molecule has 19 heavy (non-hydrogen) atoms. The molecule has 0 saturated heterocycles. The van der Waals surface area contributed by atoms with Crippen molar-refractivity contribution in [1.29, 1.82) is 0 Å². The van der Waals surface area contributed by atoms with Gasteiger partial charge in [-0.1, -0.05) is 12.1 Å². The minimum absolute atomic E-state index is 0.0430. The van der Waals surface area contributed by atoms with Gasteiger partial charge in [0.15, 0.2) is 0 Å². The number of aliphatic hydroxyl groups excluding tert-OH is 1. The maximum Gasteiger partial charge on any atom is 0.269 e. The fourth-order valence-corrected chi connectivity index (χ4v) is 1.54. The van der Waals surface area contributed by atoms with Gasteiger partial charge >= 0.3 is 0 Å². The van der Waals surface area contributed by atoms with E-state index in [0.717, 1.165) is 0 Å². The third-order valence-electron chi connectivity index (χ3n) is 2.83. The van der Waals surface area contributed by atoms with Gasteiger partial charge in [0.25, 0.3) is 5.69 Å². The van der Waals surface area contributed by atoms with Crippen molar-refractivity contribution in [3.05, 3.63) is 39.9 Å². The van der Waals surface area contributed by atoms with Crippen molar-refractivity contribution in [2.75, 3.05) is 6.61 Å². The fraction of sp³-hybridized carbons (Fsp3) is 0.462. The van der Waals surface area contributed by atoms with Crippen molar-refractivity contribution in [3.63, 3.8) is 0 Å². The molecule has 0 bridgehead atoms. The first-order chi connectivity index (χ1) is 8.76. The third kappa shape index (κ3) is 4.03. The summed E-state index contributed by atoms with van der Waals surface area (Å²) in [5.74, 6) is -0.801. The molecule has 6 heteroatoms. The highest BCUT2D eigenvalue weighted by Gasteiger charge is 2.24. The summed E-state index contributed by atoms with van der Waals surface area (Å²) in [4.78, 5) is 22.2. The van der Waals surface area contributed by atoms with E-state index in [9.17, 15) is 14.9 Å². The first kappa shape index (κ1) is 15.1. The Morgan fingerprint density at radius 3 is 2.68 bits per heavy atom. The van der Waals surface area contributed by atoms with Crippen molar-refractivity contribution < 1.29 is 14.8 Å². The number of nitro benzene ring substituents is 1. The Balaban J connectivity index is 2.88. The minimum Gasteiger partial charge on any atom is -0.394 e. The molecule has 0 heterocycles. The number of carbonyl (C=O) groups excluding carboxylic acids is 1. The average Bonchev–Trinajstić information content (AvgIpc) is 2.37. The van der Waals surface area contributed by atoms with Crippen LogP contribution in [0.4, 0.5) is 5.69 Å². The number of aliphatic hydroxyl groups is 1. The van der Waals surface area contributed by atoms with Gasteiger partial charge in [-0.2, -0.15) is 0 Å². The largest absolute Gasteiger partial charge is 0.394 e. The summed E-state index contributed by atoms with van der Waals surface area (Å²) < 4.78 is 0. The van der Waals surface area contributed by atoms with E-state index in [1.54, 1.807) is 32.9 Å². The third-order valence-corrected chi connectivity index (χ3v) is 2.83. The first-order valence-corrected chi connectivity index (χ1v) is 5.94. The Labute approximate surface area is 111 Å². The van der Waals surface area contributed by atoms with Gasteiger partial charge in [0.05, 0.1) is 23.0 Å². The lowest BCUT2D eigenvalue weighted by Gasteiger charge is -2.25. The molecular formula is C13H18N2O4.